The molecule has 0 saturated heterocycles. The van der Waals surface area contributed by atoms with E-state index in [1.165, 1.54) is 6.08 Å². The molecule has 0 saturated carbocycles. The second-order valence-corrected chi connectivity index (χ2v) is 5.23. The Balaban J connectivity index is 2.00. The zero-order valence-corrected chi connectivity index (χ0v) is 12.5. The molecule has 2 nitrogen and oxygen atoms in total. The molecule has 1 N–H and O–H groups in total. The number of hydrogen-bond donors (Lipinski definition) is 1. The number of nitrogens with one attached hydrogen (secondary N) is 1. The van der Waals surface area contributed by atoms with Crippen LogP contribution < -0.4 is 5.32 Å². The molecule has 2 aromatic rings. The van der Waals surface area contributed by atoms with Gasteiger partial charge in [0.25, 0.3) is 0 Å². The van der Waals surface area contributed by atoms with E-state index in [-0.39, 0.29) is 5.78 Å². The Morgan fingerprint density at radius 3 is 2.30 bits per heavy atom. The lowest BCUT2D eigenvalue weighted by Gasteiger charge is -2.02. The zero-order chi connectivity index (χ0) is 14.5. The highest BCUT2D eigenvalue weighted by Crippen LogP contribution is 2.24. The van der Waals surface area contributed by atoms with Gasteiger partial charge in [0.1, 0.15) is 0 Å². The van der Waals surface area contributed by atoms with Crippen LogP contribution in [0.1, 0.15) is 10.4 Å². The highest BCUT2D eigenvalue weighted by molar-refractivity contribution is 6.42. The average molecular weight is 327 g/mol. The molecule has 0 bridgehead atoms. The molecule has 0 spiro atoms. The average Bonchev–Trinajstić information content (AvgIpc) is 2.43. The van der Waals surface area contributed by atoms with Crippen LogP contribution in [0.4, 0.5) is 5.69 Å². The molecular weight excluding hydrogens is 317 g/mol. The van der Waals surface area contributed by atoms with Gasteiger partial charge >= 0.3 is 0 Å². The second-order valence-electron chi connectivity index (χ2n) is 3.98. The molecule has 20 heavy (non-hydrogen) atoms. The van der Waals surface area contributed by atoms with Crippen molar-refractivity contribution in [3.63, 3.8) is 0 Å². The molecule has 0 aromatic heterocycles. The van der Waals surface area contributed by atoms with Crippen LogP contribution in [0.25, 0.3) is 0 Å². The van der Waals surface area contributed by atoms with Gasteiger partial charge in [-0.25, -0.2) is 0 Å². The Bertz CT molecular complexity index is 651. The predicted octanol–water partition coefficient (Wildman–Crippen LogP) is 5.46. The molecule has 0 amide bonds. The van der Waals surface area contributed by atoms with Crippen LogP contribution in [0.2, 0.25) is 15.1 Å². The molecular formula is C15H10Cl3NO. The van der Waals surface area contributed by atoms with Crippen molar-refractivity contribution in [2.24, 2.45) is 0 Å². The zero-order valence-electron chi connectivity index (χ0n) is 10.2. The predicted molar refractivity (Wildman–Crippen MR) is 85.0 cm³/mol. The number of benzene rings is 2. The van der Waals surface area contributed by atoms with Crippen LogP contribution in [0.3, 0.4) is 0 Å². The van der Waals surface area contributed by atoms with Crippen molar-refractivity contribution in [2.45, 2.75) is 0 Å². The van der Waals surface area contributed by atoms with Crippen molar-refractivity contribution in [2.75, 3.05) is 5.32 Å². The number of allylic oxidation sites excluding steroid dienone is 1. The normalized spacial score (nSPS) is 10.8. The maximum absolute atomic E-state index is 11.9. The summed E-state index contributed by atoms with van der Waals surface area (Å²) in [5.41, 5.74) is 1.32. The smallest absolute Gasteiger partial charge is 0.187 e. The number of carbonyl (C=O) groups excluding carboxylic acids is 1. The van der Waals surface area contributed by atoms with E-state index in [1.807, 2.05) is 0 Å². The summed E-state index contributed by atoms with van der Waals surface area (Å²) in [6.45, 7) is 0. The Morgan fingerprint density at radius 2 is 1.65 bits per heavy atom. The van der Waals surface area contributed by atoms with E-state index in [4.69, 9.17) is 34.8 Å². The summed E-state index contributed by atoms with van der Waals surface area (Å²) in [5, 5.41) is 4.49. The molecule has 102 valence electrons. The van der Waals surface area contributed by atoms with Crippen molar-refractivity contribution < 1.29 is 4.79 Å². The summed E-state index contributed by atoms with van der Waals surface area (Å²) in [7, 11) is 0. The topological polar surface area (TPSA) is 29.1 Å². The summed E-state index contributed by atoms with van der Waals surface area (Å²) < 4.78 is 0. The first-order valence-electron chi connectivity index (χ1n) is 5.74. The molecule has 2 rings (SSSR count). The van der Waals surface area contributed by atoms with Crippen LogP contribution in [0.5, 0.6) is 0 Å². The maximum atomic E-state index is 11.9. The van der Waals surface area contributed by atoms with E-state index >= 15 is 0 Å². The van der Waals surface area contributed by atoms with E-state index in [0.29, 0.717) is 20.6 Å². The minimum atomic E-state index is -0.116. The van der Waals surface area contributed by atoms with E-state index in [1.54, 1.807) is 48.7 Å². The first kappa shape index (κ1) is 14.9. The van der Waals surface area contributed by atoms with Gasteiger partial charge in [0.15, 0.2) is 5.78 Å². The number of rotatable bonds is 4. The quantitative estimate of drug-likeness (QED) is 0.597. The van der Waals surface area contributed by atoms with Gasteiger partial charge in [-0.05, 0) is 42.5 Å². The summed E-state index contributed by atoms with van der Waals surface area (Å²) in [5.74, 6) is -0.116. The third-order valence-corrected chi connectivity index (χ3v) is 3.52. The lowest BCUT2D eigenvalue weighted by atomic mass is 10.1. The van der Waals surface area contributed by atoms with Gasteiger partial charge in [-0.3, -0.25) is 4.79 Å². The maximum Gasteiger partial charge on any atom is 0.187 e. The monoisotopic (exact) mass is 325 g/mol. The van der Waals surface area contributed by atoms with Crippen molar-refractivity contribution in [3.05, 3.63) is 75.4 Å². The van der Waals surface area contributed by atoms with Crippen LogP contribution in [-0.2, 0) is 0 Å². The number of anilines is 1. The molecule has 0 aliphatic heterocycles. The highest BCUT2D eigenvalue weighted by Gasteiger charge is 2.01. The van der Waals surface area contributed by atoms with Gasteiger partial charge in [-0.1, -0.05) is 34.8 Å². The fraction of sp³-hybridized carbons (Fsp3) is 0. The van der Waals surface area contributed by atoms with Crippen molar-refractivity contribution >= 4 is 46.3 Å². The molecule has 0 atom stereocenters. The number of hydrogen-bond acceptors (Lipinski definition) is 2. The Hall–Kier alpha value is -1.48. The van der Waals surface area contributed by atoms with Gasteiger partial charge in [-0.15, -0.1) is 0 Å². The first-order chi connectivity index (χ1) is 9.56. The summed E-state index contributed by atoms with van der Waals surface area (Å²) in [6.07, 6.45) is 2.99. The minimum Gasteiger partial charge on any atom is -0.362 e. The number of halogens is 3. The van der Waals surface area contributed by atoms with Gasteiger partial charge in [0, 0.05) is 28.5 Å². The standard InChI is InChI=1S/C15H10Cl3NO/c16-11-3-1-10(2-4-11)15(20)7-8-19-12-5-6-13(17)14(18)9-12/h1-9,19H/b8-7+. The van der Waals surface area contributed by atoms with Crippen LogP contribution in [0.15, 0.2) is 54.7 Å². The fourth-order valence-corrected chi connectivity index (χ4v) is 1.93. The SMILES string of the molecule is O=C(/C=C/Nc1ccc(Cl)c(Cl)c1)c1ccc(Cl)cc1. The van der Waals surface area contributed by atoms with Crippen LogP contribution in [-0.4, -0.2) is 5.78 Å². The van der Waals surface area contributed by atoms with Crippen molar-refractivity contribution in [1.29, 1.82) is 0 Å². The second kappa shape index (κ2) is 6.80. The lowest BCUT2D eigenvalue weighted by Crippen LogP contribution is -1.96. The lowest BCUT2D eigenvalue weighted by molar-refractivity contribution is 0.104. The number of ketones is 1. The molecule has 0 radical (unpaired) electrons. The Morgan fingerprint density at radius 1 is 0.950 bits per heavy atom. The molecule has 0 unspecified atom stereocenters. The summed E-state index contributed by atoms with van der Waals surface area (Å²) >= 11 is 17.5. The van der Waals surface area contributed by atoms with Crippen LogP contribution in [0, 0.1) is 0 Å². The first-order valence-corrected chi connectivity index (χ1v) is 6.88. The third kappa shape index (κ3) is 4.01. The summed E-state index contributed by atoms with van der Waals surface area (Å²) in [4.78, 5) is 11.9. The third-order valence-electron chi connectivity index (χ3n) is 2.53. The minimum absolute atomic E-state index is 0.116. The molecule has 0 aliphatic rings. The summed E-state index contributed by atoms with van der Waals surface area (Å²) in [6, 6.07) is 11.8. The fourth-order valence-electron chi connectivity index (χ4n) is 1.51. The van der Waals surface area contributed by atoms with Crippen LogP contribution >= 0.6 is 34.8 Å². The largest absolute Gasteiger partial charge is 0.362 e. The molecule has 0 fully saturated rings. The van der Waals surface area contributed by atoms with E-state index < -0.39 is 0 Å². The molecule has 0 aliphatic carbocycles. The number of carbonyl (C=O) groups is 1. The van der Waals surface area contributed by atoms with E-state index in [0.717, 1.165) is 5.69 Å². The Kier molecular flexibility index (Phi) is 5.07. The van der Waals surface area contributed by atoms with Gasteiger partial charge in [-0.2, -0.15) is 0 Å². The molecule has 5 heteroatoms. The van der Waals surface area contributed by atoms with Crippen molar-refractivity contribution in [3.8, 4) is 0 Å². The Labute approximate surface area is 132 Å². The van der Waals surface area contributed by atoms with E-state index in [2.05, 4.69) is 5.32 Å². The van der Waals surface area contributed by atoms with E-state index in [9.17, 15) is 4.79 Å². The van der Waals surface area contributed by atoms with Gasteiger partial charge in [0.05, 0.1) is 10.0 Å². The van der Waals surface area contributed by atoms with Gasteiger partial charge < -0.3 is 5.32 Å². The highest BCUT2D eigenvalue weighted by atomic mass is 35.5. The molecule has 0 heterocycles. The van der Waals surface area contributed by atoms with Gasteiger partial charge in [0.2, 0.25) is 0 Å². The molecule has 2 aromatic carbocycles. The van der Waals surface area contributed by atoms with Crippen molar-refractivity contribution in [1.82, 2.24) is 0 Å².